The second-order valence-corrected chi connectivity index (χ2v) is 10.1. The lowest BCUT2D eigenvalue weighted by molar-refractivity contribution is -0.163. The van der Waals surface area contributed by atoms with Crippen LogP contribution in [0.3, 0.4) is 0 Å². The van der Waals surface area contributed by atoms with E-state index in [0.29, 0.717) is 5.92 Å². The Kier molecular flexibility index (Phi) is 6.20. The number of allylic oxidation sites excluding steroid dienone is 2. The summed E-state index contributed by atoms with van der Waals surface area (Å²) in [6, 6.07) is 12.3. The van der Waals surface area contributed by atoms with E-state index in [4.69, 9.17) is 9.15 Å². The lowest BCUT2D eigenvalue weighted by Gasteiger charge is -2.54. The van der Waals surface area contributed by atoms with Crippen LogP contribution in [0.2, 0.25) is 0 Å². The summed E-state index contributed by atoms with van der Waals surface area (Å²) in [5.41, 5.74) is 5.92. The van der Waals surface area contributed by atoms with Crippen molar-refractivity contribution in [2.75, 3.05) is 7.11 Å². The molecular weight excluding hydrogens is 396 g/mol. The summed E-state index contributed by atoms with van der Waals surface area (Å²) >= 11 is 0. The molecule has 1 fully saturated rings. The van der Waals surface area contributed by atoms with E-state index < -0.39 is 5.41 Å². The minimum absolute atomic E-state index is 0.0383. The number of carbonyl (C=O) groups excluding carboxylic acids is 1. The molecule has 170 valence electrons. The van der Waals surface area contributed by atoms with Gasteiger partial charge in [-0.25, -0.2) is 0 Å². The molecular formula is C29H36O3. The number of esters is 1. The molecule has 3 heteroatoms. The Labute approximate surface area is 192 Å². The van der Waals surface area contributed by atoms with Gasteiger partial charge in [0.05, 0.1) is 18.8 Å². The molecule has 3 atom stereocenters. The number of fused-ring (bicyclic) bond motifs is 1. The third-order valence-corrected chi connectivity index (χ3v) is 8.38. The highest BCUT2D eigenvalue weighted by Crippen LogP contribution is 2.60. The van der Waals surface area contributed by atoms with Crippen LogP contribution in [-0.4, -0.2) is 13.1 Å². The maximum atomic E-state index is 12.8. The highest BCUT2D eigenvalue weighted by atomic mass is 16.5. The van der Waals surface area contributed by atoms with Gasteiger partial charge in [0.25, 0.3) is 0 Å². The molecule has 1 heterocycles. The molecule has 0 N–H and O–H groups in total. The Balaban J connectivity index is 1.59. The summed E-state index contributed by atoms with van der Waals surface area (Å²) in [5, 5.41) is 0. The lowest BCUT2D eigenvalue weighted by atomic mass is 9.49. The summed E-state index contributed by atoms with van der Waals surface area (Å²) in [7, 11) is 1.53. The van der Waals surface area contributed by atoms with Crippen LogP contribution >= 0.6 is 0 Å². The van der Waals surface area contributed by atoms with E-state index in [1.54, 1.807) is 11.8 Å². The molecule has 2 aliphatic carbocycles. The van der Waals surface area contributed by atoms with Gasteiger partial charge < -0.3 is 9.15 Å². The lowest BCUT2D eigenvalue weighted by Crippen LogP contribution is -2.50. The molecule has 1 saturated carbocycles. The van der Waals surface area contributed by atoms with Crippen molar-refractivity contribution >= 4 is 11.5 Å². The highest BCUT2D eigenvalue weighted by molar-refractivity contribution is 5.77. The standard InChI is InChI=1S/C29H36O3/c1-20-12-15-25-28(3,17-9-18-29(25,4)27(30)31-5)24(20)14-13-23-16-19-32-26(23)21(2)22-10-7-6-8-11-22/h6-8,10-11,16,19,25H,2,9,12-15,17-18H2,1,3-5H3/t25-,28-,29+/m1/s1. The first-order valence-electron chi connectivity index (χ1n) is 11.9. The van der Waals surface area contributed by atoms with Gasteiger partial charge in [-0.15, -0.1) is 0 Å². The predicted molar refractivity (Wildman–Crippen MR) is 129 cm³/mol. The Hall–Kier alpha value is -2.55. The highest BCUT2D eigenvalue weighted by Gasteiger charge is 2.55. The fourth-order valence-electron chi connectivity index (χ4n) is 6.68. The van der Waals surface area contributed by atoms with E-state index in [-0.39, 0.29) is 11.4 Å². The largest absolute Gasteiger partial charge is 0.469 e. The van der Waals surface area contributed by atoms with Crippen molar-refractivity contribution < 1.29 is 13.9 Å². The van der Waals surface area contributed by atoms with Gasteiger partial charge in [-0.05, 0) is 80.9 Å². The van der Waals surface area contributed by atoms with E-state index in [2.05, 4.69) is 45.5 Å². The quantitative estimate of drug-likeness (QED) is 0.353. The number of methoxy groups -OCH3 is 1. The first kappa shape index (κ1) is 22.6. The predicted octanol–water partition coefficient (Wildman–Crippen LogP) is 7.37. The van der Waals surface area contributed by atoms with Crippen LogP contribution in [-0.2, 0) is 16.0 Å². The van der Waals surface area contributed by atoms with Crippen molar-refractivity contribution in [2.24, 2.45) is 16.7 Å². The number of ether oxygens (including phenoxy) is 1. The normalized spacial score (nSPS) is 27.7. The molecule has 1 aromatic heterocycles. The molecule has 0 unspecified atom stereocenters. The molecule has 4 rings (SSSR count). The molecule has 0 saturated heterocycles. The van der Waals surface area contributed by atoms with Crippen molar-refractivity contribution in [2.45, 2.75) is 65.7 Å². The van der Waals surface area contributed by atoms with Crippen LogP contribution in [0.4, 0.5) is 0 Å². The van der Waals surface area contributed by atoms with E-state index in [0.717, 1.165) is 61.8 Å². The fourth-order valence-corrected chi connectivity index (χ4v) is 6.68. The molecule has 32 heavy (non-hydrogen) atoms. The summed E-state index contributed by atoms with van der Waals surface area (Å²) in [6.45, 7) is 11.1. The van der Waals surface area contributed by atoms with Crippen LogP contribution in [0.1, 0.15) is 76.2 Å². The number of aryl methyl sites for hydroxylation is 1. The topological polar surface area (TPSA) is 39.4 Å². The zero-order valence-electron chi connectivity index (χ0n) is 20.0. The van der Waals surface area contributed by atoms with Crippen molar-refractivity contribution in [3.63, 3.8) is 0 Å². The average Bonchev–Trinajstić information content (AvgIpc) is 3.26. The second kappa shape index (κ2) is 8.77. The Morgan fingerprint density at radius 2 is 1.91 bits per heavy atom. The number of benzene rings is 1. The Morgan fingerprint density at radius 3 is 2.62 bits per heavy atom. The zero-order valence-corrected chi connectivity index (χ0v) is 20.0. The minimum atomic E-state index is -0.393. The molecule has 0 spiro atoms. The molecule has 3 nitrogen and oxygen atoms in total. The third kappa shape index (κ3) is 3.76. The average molecular weight is 433 g/mol. The summed E-state index contributed by atoms with van der Waals surface area (Å²) in [6.07, 6.45) is 8.96. The SMILES string of the molecule is C=C(c1ccccc1)c1occc1CCC1=C(C)CC[C@H]2[C@@](C)(C(=O)OC)CCC[C@]12C. The fraction of sp³-hybridized carbons (Fsp3) is 0.483. The van der Waals surface area contributed by atoms with Crippen LogP contribution < -0.4 is 0 Å². The van der Waals surface area contributed by atoms with Crippen molar-refractivity contribution in [1.29, 1.82) is 0 Å². The Bertz CT molecular complexity index is 1030. The van der Waals surface area contributed by atoms with Crippen molar-refractivity contribution in [3.8, 4) is 0 Å². The van der Waals surface area contributed by atoms with Crippen LogP contribution in [0.15, 0.2) is 64.8 Å². The van der Waals surface area contributed by atoms with Crippen molar-refractivity contribution in [1.82, 2.24) is 0 Å². The van der Waals surface area contributed by atoms with Gasteiger partial charge in [0, 0.05) is 5.57 Å². The summed E-state index contributed by atoms with van der Waals surface area (Å²) in [4.78, 5) is 12.8. The zero-order chi connectivity index (χ0) is 22.9. The van der Waals surface area contributed by atoms with Gasteiger partial charge in [-0.3, -0.25) is 4.79 Å². The minimum Gasteiger partial charge on any atom is -0.469 e. The third-order valence-electron chi connectivity index (χ3n) is 8.38. The van der Waals surface area contributed by atoms with Gasteiger partial charge in [0.1, 0.15) is 5.76 Å². The van der Waals surface area contributed by atoms with Gasteiger partial charge in [0.2, 0.25) is 0 Å². The summed E-state index contributed by atoms with van der Waals surface area (Å²) < 4.78 is 11.2. The van der Waals surface area contributed by atoms with Gasteiger partial charge >= 0.3 is 5.97 Å². The number of carbonyl (C=O) groups is 1. The molecule has 0 bridgehead atoms. The Morgan fingerprint density at radius 1 is 1.16 bits per heavy atom. The molecule has 0 radical (unpaired) electrons. The van der Waals surface area contributed by atoms with Crippen LogP contribution in [0.5, 0.6) is 0 Å². The van der Waals surface area contributed by atoms with E-state index in [9.17, 15) is 4.79 Å². The van der Waals surface area contributed by atoms with E-state index in [1.165, 1.54) is 18.2 Å². The maximum absolute atomic E-state index is 12.8. The molecule has 2 aromatic rings. The molecule has 0 aliphatic heterocycles. The molecule has 0 amide bonds. The molecule has 1 aromatic carbocycles. The van der Waals surface area contributed by atoms with Crippen molar-refractivity contribution in [3.05, 3.63) is 77.3 Å². The van der Waals surface area contributed by atoms with Crippen LogP contribution in [0, 0.1) is 16.7 Å². The smallest absolute Gasteiger partial charge is 0.311 e. The number of hydrogen-bond donors (Lipinski definition) is 0. The van der Waals surface area contributed by atoms with Gasteiger partial charge in [-0.2, -0.15) is 0 Å². The maximum Gasteiger partial charge on any atom is 0.311 e. The van der Waals surface area contributed by atoms with Gasteiger partial charge in [0.15, 0.2) is 0 Å². The van der Waals surface area contributed by atoms with Gasteiger partial charge in [-0.1, -0.05) is 61.4 Å². The van der Waals surface area contributed by atoms with E-state index >= 15 is 0 Å². The summed E-state index contributed by atoms with van der Waals surface area (Å²) in [5.74, 6) is 1.18. The first-order valence-corrected chi connectivity index (χ1v) is 11.9. The monoisotopic (exact) mass is 432 g/mol. The number of furan rings is 1. The number of hydrogen-bond acceptors (Lipinski definition) is 3. The van der Waals surface area contributed by atoms with Crippen LogP contribution in [0.25, 0.3) is 5.57 Å². The second-order valence-electron chi connectivity index (χ2n) is 10.1. The first-order chi connectivity index (χ1) is 15.3. The van der Waals surface area contributed by atoms with E-state index in [1.807, 2.05) is 18.2 Å². The number of rotatable bonds is 6. The molecule has 2 aliphatic rings.